The molecule has 2 aromatic carbocycles. The fourth-order valence-electron chi connectivity index (χ4n) is 3.20. The molecule has 1 saturated heterocycles. The summed E-state index contributed by atoms with van der Waals surface area (Å²) < 4.78 is 32.3. The van der Waals surface area contributed by atoms with Gasteiger partial charge in [-0.1, -0.05) is 23.4 Å². The molecule has 1 fully saturated rings. The largest absolute Gasteiger partial charge is 0.411 e. The molecule has 0 radical (unpaired) electrons. The molecule has 1 aliphatic heterocycles. The summed E-state index contributed by atoms with van der Waals surface area (Å²) in [6.45, 7) is 2.81. The van der Waals surface area contributed by atoms with E-state index in [4.69, 9.17) is 16.0 Å². The Labute approximate surface area is 195 Å². The van der Waals surface area contributed by atoms with Crippen molar-refractivity contribution in [3.63, 3.8) is 0 Å². The van der Waals surface area contributed by atoms with E-state index < -0.39 is 15.3 Å². The molecule has 4 rings (SSSR count). The van der Waals surface area contributed by atoms with Gasteiger partial charge >= 0.3 is 0 Å². The first-order valence-electron chi connectivity index (χ1n) is 10.00. The van der Waals surface area contributed by atoms with Crippen molar-refractivity contribution in [1.29, 1.82) is 0 Å². The summed E-state index contributed by atoms with van der Waals surface area (Å²) >= 11 is 7.02. The minimum atomic E-state index is -3.48. The third-order valence-electron chi connectivity index (χ3n) is 4.97. The summed E-state index contributed by atoms with van der Waals surface area (Å²) in [7, 11) is -3.48. The number of hydrogen-bond donors (Lipinski definition) is 1. The quantitative estimate of drug-likeness (QED) is 0.490. The molecule has 1 N–H and O–H groups in total. The van der Waals surface area contributed by atoms with Gasteiger partial charge < -0.3 is 9.73 Å². The molecule has 1 aromatic heterocycles. The topological polar surface area (TPSA) is 105 Å². The maximum absolute atomic E-state index is 12.6. The number of nitrogens with zero attached hydrogens (tertiary/aromatic N) is 3. The van der Waals surface area contributed by atoms with Crippen molar-refractivity contribution >= 4 is 45.0 Å². The van der Waals surface area contributed by atoms with Gasteiger partial charge in [0.1, 0.15) is 0 Å². The molecule has 1 aliphatic rings. The fourth-order valence-corrected chi connectivity index (χ4v) is 5.53. The monoisotopic (exact) mass is 492 g/mol. The lowest BCUT2D eigenvalue weighted by Gasteiger charge is -2.16. The number of hydrogen-bond acceptors (Lipinski definition) is 7. The average Bonchev–Trinajstić information content (AvgIpc) is 3.47. The van der Waals surface area contributed by atoms with Crippen LogP contribution in [0.1, 0.15) is 19.8 Å². The highest BCUT2D eigenvalue weighted by Gasteiger charge is 2.27. The van der Waals surface area contributed by atoms with Gasteiger partial charge in [0.15, 0.2) is 0 Å². The number of anilines is 1. The Bertz CT molecular complexity index is 1190. The van der Waals surface area contributed by atoms with E-state index in [9.17, 15) is 13.2 Å². The summed E-state index contributed by atoms with van der Waals surface area (Å²) in [6, 6.07) is 13.2. The lowest BCUT2D eigenvalue weighted by atomic mass is 10.2. The van der Waals surface area contributed by atoms with Crippen LogP contribution in [0, 0.1) is 0 Å². The Morgan fingerprint density at radius 3 is 2.41 bits per heavy atom. The number of sulfonamides is 1. The summed E-state index contributed by atoms with van der Waals surface area (Å²) in [4.78, 5) is 12.8. The third-order valence-corrected chi connectivity index (χ3v) is 8.07. The van der Waals surface area contributed by atoms with Crippen molar-refractivity contribution in [2.45, 2.75) is 35.1 Å². The lowest BCUT2D eigenvalue weighted by molar-refractivity contribution is -0.115. The Morgan fingerprint density at radius 1 is 1.09 bits per heavy atom. The van der Waals surface area contributed by atoms with Crippen molar-refractivity contribution in [3.8, 4) is 11.5 Å². The number of rotatable bonds is 7. The van der Waals surface area contributed by atoms with E-state index in [0.29, 0.717) is 29.7 Å². The van der Waals surface area contributed by atoms with Crippen molar-refractivity contribution in [2.24, 2.45) is 0 Å². The van der Waals surface area contributed by atoms with Gasteiger partial charge in [0.25, 0.3) is 5.22 Å². The first-order chi connectivity index (χ1) is 15.3. The summed E-state index contributed by atoms with van der Waals surface area (Å²) in [5.41, 5.74) is 1.24. The van der Waals surface area contributed by atoms with Crippen molar-refractivity contribution in [1.82, 2.24) is 14.5 Å². The zero-order chi connectivity index (χ0) is 22.7. The molecular formula is C21H21ClN4O4S2. The second-order valence-electron chi connectivity index (χ2n) is 7.26. The van der Waals surface area contributed by atoms with Crippen LogP contribution in [0.25, 0.3) is 11.5 Å². The molecule has 0 spiro atoms. The lowest BCUT2D eigenvalue weighted by Crippen LogP contribution is -2.27. The average molecular weight is 493 g/mol. The molecule has 11 heteroatoms. The van der Waals surface area contributed by atoms with Crippen LogP contribution in [-0.2, 0) is 14.8 Å². The van der Waals surface area contributed by atoms with Crippen molar-refractivity contribution in [3.05, 3.63) is 53.6 Å². The van der Waals surface area contributed by atoms with Gasteiger partial charge in [0.05, 0.1) is 10.1 Å². The molecule has 8 nitrogen and oxygen atoms in total. The minimum Gasteiger partial charge on any atom is -0.411 e. The molecule has 2 heterocycles. The van der Waals surface area contributed by atoms with Crippen LogP contribution in [-0.4, -0.2) is 47.2 Å². The highest BCUT2D eigenvalue weighted by molar-refractivity contribution is 8.00. The summed E-state index contributed by atoms with van der Waals surface area (Å²) in [5.74, 6) is 0.0722. The number of amides is 1. The normalized spacial score (nSPS) is 15.6. The van der Waals surface area contributed by atoms with Crippen LogP contribution in [0.5, 0.6) is 0 Å². The molecule has 1 atom stereocenters. The Kier molecular flexibility index (Phi) is 6.85. The molecule has 0 bridgehead atoms. The summed E-state index contributed by atoms with van der Waals surface area (Å²) in [5, 5.41) is 11.1. The molecule has 1 amide bonds. The van der Waals surface area contributed by atoms with Crippen LogP contribution in [0.15, 0.2) is 63.1 Å². The second kappa shape index (κ2) is 9.62. The third kappa shape index (κ3) is 5.15. The second-order valence-corrected chi connectivity index (χ2v) is 10.9. The van der Waals surface area contributed by atoms with Crippen LogP contribution in [0.4, 0.5) is 5.69 Å². The standard InChI is InChI=1S/C21H21ClN4O4S2/c1-14(31-21-25-24-20(30-21)15-4-6-16(22)7-5-15)19(27)23-17-8-10-18(11-9-17)32(28,29)26-12-2-3-13-26/h4-11,14H,2-3,12-13H2,1H3,(H,23,27). The van der Waals surface area contributed by atoms with E-state index in [1.54, 1.807) is 43.3 Å². The maximum atomic E-state index is 12.6. The number of carbonyl (C=O) groups excluding carboxylic acids is 1. The van der Waals surface area contributed by atoms with E-state index in [1.165, 1.54) is 16.4 Å². The SMILES string of the molecule is CC(Sc1nnc(-c2ccc(Cl)cc2)o1)C(=O)Nc1ccc(S(=O)(=O)N2CCCC2)cc1. The Morgan fingerprint density at radius 2 is 1.75 bits per heavy atom. The minimum absolute atomic E-state index is 0.223. The number of carbonyl (C=O) groups is 1. The van der Waals surface area contributed by atoms with Crippen LogP contribution < -0.4 is 5.32 Å². The van der Waals surface area contributed by atoms with Crippen molar-refractivity contribution < 1.29 is 17.6 Å². The molecule has 0 saturated carbocycles. The van der Waals surface area contributed by atoms with Crippen LogP contribution in [0.3, 0.4) is 0 Å². The number of thioether (sulfide) groups is 1. The van der Waals surface area contributed by atoms with E-state index in [2.05, 4.69) is 15.5 Å². The van der Waals surface area contributed by atoms with Gasteiger partial charge in [0, 0.05) is 29.4 Å². The van der Waals surface area contributed by atoms with Gasteiger partial charge in [0.2, 0.25) is 21.8 Å². The highest BCUT2D eigenvalue weighted by atomic mass is 35.5. The number of halogens is 1. The van der Waals surface area contributed by atoms with Crippen LogP contribution in [0.2, 0.25) is 5.02 Å². The zero-order valence-electron chi connectivity index (χ0n) is 17.2. The Balaban J connectivity index is 1.36. The van der Waals surface area contributed by atoms with E-state index in [0.717, 1.165) is 30.2 Å². The Hall–Kier alpha value is -2.40. The number of nitrogens with one attached hydrogen (secondary N) is 1. The van der Waals surface area contributed by atoms with Crippen LogP contribution >= 0.6 is 23.4 Å². The molecule has 1 unspecified atom stereocenters. The van der Waals surface area contributed by atoms with Gasteiger partial charge in [-0.15, -0.1) is 10.2 Å². The van der Waals surface area contributed by atoms with Gasteiger partial charge in [-0.2, -0.15) is 4.31 Å². The highest BCUT2D eigenvalue weighted by Crippen LogP contribution is 2.28. The number of aromatic nitrogens is 2. The molecule has 168 valence electrons. The first-order valence-corrected chi connectivity index (χ1v) is 12.7. The van der Waals surface area contributed by atoms with E-state index in [-0.39, 0.29) is 16.0 Å². The molecule has 0 aliphatic carbocycles. The van der Waals surface area contributed by atoms with Crippen molar-refractivity contribution in [2.75, 3.05) is 18.4 Å². The predicted octanol–water partition coefficient (Wildman–Crippen LogP) is 4.29. The fraction of sp³-hybridized carbons (Fsp3) is 0.286. The maximum Gasteiger partial charge on any atom is 0.277 e. The zero-order valence-corrected chi connectivity index (χ0v) is 19.6. The first kappa shape index (κ1) is 22.8. The van der Waals surface area contributed by atoms with E-state index in [1.807, 2.05) is 0 Å². The predicted molar refractivity (Wildman–Crippen MR) is 123 cm³/mol. The van der Waals surface area contributed by atoms with Gasteiger partial charge in [-0.05, 0) is 68.3 Å². The number of benzene rings is 2. The molecule has 3 aromatic rings. The van der Waals surface area contributed by atoms with Gasteiger partial charge in [-0.3, -0.25) is 4.79 Å². The summed E-state index contributed by atoms with van der Waals surface area (Å²) in [6.07, 6.45) is 1.76. The van der Waals surface area contributed by atoms with E-state index >= 15 is 0 Å². The molecular weight excluding hydrogens is 472 g/mol. The van der Waals surface area contributed by atoms with Gasteiger partial charge in [-0.25, -0.2) is 8.42 Å². The molecule has 32 heavy (non-hydrogen) atoms. The smallest absolute Gasteiger partial charge is 0.277 e.